The highest BCUT2D eigenvalue weighted by atomic mass is 127. The lowest BCUT2D eigenvalue weighted by molar-refractivity contribution is 0.333. The second kappa shape index (κ2) is 3.19. The summed E-state index contributed by atoms with van der Waals surface area (Å²) < 4.78 is 0.452. The van der Waals surface area contributed by atoms with E-state index in [2.05, 4.69) is 60.1 Å². The van der Waals surface area contributed by atoms with E-state index in [1.807, 2.05) is 0 Å². The standard InChI is InChI=1S/C7H14INS/c1-4-6-9(3)5-7(2,8)10-6/h6H,4-5H2,1-3H3. The minimum absolute atomic E-state index is 0.452. The third-order valence-corrected chi connectivity index (χ3v) is 4.44. The van der Waals surface area contributed by atoms with E-state index in [0.29, 0.717) is 2.75 Å². The fourth-order valence-electron chi connectivity index (χ4n) is 1.35. The molecule has 0 radical (unpaired) electrons. The van der Waals surface area contributed by atoms with Gasteiger partial charge in [0.25, 0.3) is 0 Å². The second-order valence-electron chi connectivity index (χ2n) is 3.00. The van der Waals surface area contributed by atoms with Gasteiger partial charge in [0.05, 0.1) is 8.13 Å². The molecule has 1 rings (SSSR count). The summed E-state index contributed by atoms with van der Waals surface area (Å²) in [6, 6.07) is 0. The van der Waals surface area contributed by atoms with Crippen LogP contribution in [0.4, 0.5) is 0 Å². The Morgan fingerprint density at radius 1 is 1.80 bits per heavy atom. The zero-order valence-corrected chi connectivity index (χ0v) is 9.70. The summed E-state index contributed by atoms with van der Waals surface area (Å²) in [6.07, 6.45) is 1.26. The molecule has 1 heterocycles. The molecule has 1 fully saturated rings. The predicted octanol–water partition coefficient (Wildman–Crippen LogP) is 2.55. The number of alkyl halides is 1. The van der Waals surface area contributed by atoms with Crippen LogP contribution in [-0.4, -0.2) is 26.6 Å². The number of hydrogen-bond acceptors (Lipinski definition) is 2. The fraction of sp³-hybridized carbons (Fsp3) is 1.00. The number of thioether (sulfide) groups is 1. The van der Waals surface area contributed by atoms with Gasteiger partial charge in [0, 0.05) is 6.54 Å². The molecule has 0 bridgehead atoms. The van der Waals surface area contributed by atoms with Crippen LogP contribution in [-0.2, 0) is 0 Å². The largest absolute Gasteiger partial charge is 0.292 e. The third kappa shape index (κ3) is 2.01. The molecule has 0 amide bonds. The molecule has 0 aliphatic carbocycles. The van der Waals surface area contributed by atoms with E-state index in [4.69, 9.17) is 0 Å². The van der Waals surface area contributed by atoms with Gasteiger partial charge >= 0.3 is 0 Å². The van der Waals surface area contributed by atoms with E-state index in [1.165, 1.54) is 13.0 Å². The highest BCUT2D eigenvalue weighted by Gasteiger charge is 2.36. The third-order valence-electron chi connectivity index (χ3n) is 1.75. The Bertz CT molecular complexity index is 127. The van der Waals surface area contributed by atoms with Gasteiger partial charge in [-0.25, -0.2) is 0 Å². The fourth-order valence-corrected chi connectivity index (χ4v) is 4.04. The lowest BCUT2D eigenvalue weighted by Crippen LogP contribution is -2.25. The van der Waals surface area contributed by atoms with Crippen molar-refractivity contribution in [1.29, 1.82) is 0 Å². The van der Waals surface area contributed by atoms with Crippen molar-refractivity contribution in [2.75, 3.05) is 13.6 Å². The average molecular weight is 271 g/mol. The van der Waals surface area contributed by atoms with Gasteiger partial charge in [-0.15, -0.1) is 11.8 Å². The molecule has 0 saturated carbocycles. The zero-order valence-electron chi connectivity index (χ0n) is 6.72. The van der Waals surface area contributed by atoms with Crippen LogP contribution in [0.1, 0.15) is 20.3 Å². The summed E-state index contributed by atoms with van der Waals surface area (Å²) in [4.78, 5) is 2.44. The number of halogens is 1. The molecular weight excluding hydrogens is 257 g/mol. The van der Waals surface area contributed by atoms with E-state index in [9.17, 15) is 0 Å². The summed E-state index contributed by atoms with van der Waals surface area (Å²) in [5.41, 5.74) is 0. The SMILES string of the molecule is CCC1SC(C)(I)CN1C. The van der Waals surface area contributed by atoms with Crippen LogP contribution in [0.3, 0.4) is 0 Å². The normalized spacial score (nSPS) is 42.6. The highest BCUT2D eigenvalue weighted by Crippen LogP contribution is 2.44. The molecule has 1 aliphatic rings. The van der Waals surface area contributed by atoms with Gasteiger partial charge in [-0.2, -0.15) is 0 Å². The monoisotopic (exact) mass is 271 g/mol. The molecule has 1 saturated heterocycles. The van der Waals surface area contributed by atoms with Crippen LogP contribution in [0.15, 0.2) is 0 Å². The average Bonchev–Trinajstić information content (AvgIpc) is 2.05. The first-order valence-electron chi connectivity index (χ1n) is 3.62. The maximum atomic E-state index is 2.54. The molecule has 2 atom stereocenters. The molecule has 10 heavy (non-hydrogen) atoms. The molecule has 0 N–H and O–H groups in total. The topological polar surface area (TPSA) is 3.24 Å². The van der Waals surface area contributed by atoms with E-state index >= 15 is 0 Å². The van der Waals surface area contributed by atoms with Gasteiger partial charge < -0.3 is 0 Å². The van der Waals surface area contributed by atoms with Crippen molar-refractivity contribution in [3.63, 3.8) is 0 Å². The van der Waals surface area contributed by atoms with Crippen LogP contribution in [0, 0.1) is 0 Å². The van der Waals surface area contributed by atoms with Crippen molar-refractivity contribution in [1.82, 2.24) is 4.90 Å². The minimum atomic E-state index is 0.452. The molecule has 60 valence electrons. The number of hydrogen-bond donors (Lipinski definition) is 0. The molecule has 0 aromatic rings. The minimum Gasteiger partial charge on any atom is -0.292 e. The van der Waals surface area contributed by atoms with Gasteiger partial charge in [0.2, 0.25) is 0 Å². The Morgan fingerprint density at radius 3 is 2.60 bits per heavy atom. The Labute approximate surface area is 81.1 Å². The van der Waals surface area contributed by atoms with Crippen LogP contribution in [0.2, 0.25) is 0 Å². The lowest BCUT2D eigenvalue weighted by atomic mass is 10.4. The molecule has 0 aromatic heterocycles. The van der Waals surface area contributed by atoms with Crippen LogP contribution in [0.25, 0.3) is 0 Å². The first kappa shape index (κ1) is 9.13. The molecule has 3 heteroatoms. The molecule has 1 aliphatic heterocycles. The van der Waals surface area contributed by atoms with E-state index in [-0.39, 0.29) is 0 Å². The van der Waals surface area contributed by atoms with E-state index < -0.39 is 0 Å². The summed E-state index contributed by atoms with van der Waals surface area (Å²) in [6.45, 7) is 5.79. The van der Waals surface area contributed by atoms with E-state index in [0.717, 1.165) is 5.37 Å². The van der Waals surface area contributed by atoms with Gasteiger partial charge in [-0.1, -0.05) is 29.5 Å². The van der Waals surface area contributed by atoms with Crippen LogP contribution >= 0.6 is 34.4 Å². The predicted molar refractivity (Wildman–Crippen MR) is 56.7 cm³/mol. The van der Waals surface area contributed by atoms with Crippen molar-refractivity contribution in [3.8, 4) is 0 Å². The first-order chi connectivity index (χ1) is 4.55. The first-order valence-corrected chi connectivity index (χ1v) is 5.58. The molecule has 0 aromatic carbocycles. The Morgan fingerprint density at radius 2 is 2.40 bits per heavy atom. The highest BCUT2D eigenvalue weighted by molar-refractivity contribution is 14.1. The lowest BCUT2D eigenvalue weighted by Gasteiger charge is -2.14. The molecular formula is C7H14INS. The maximum Gasteiger partial charge on any atom is 0.0787 e. The molecule has 1 nitrogen and oxygen atoms in total. The van der Waals surface area contributed by atoms with Crippen LogP contribution < -0.4 is 0 Å². The van der Waals surface area contributed by atoms with E-state index in [1.54, 1.807) is 0 Å². The van der Waals surface area contributed by atoms with Crippen molar-refractivity contribution in [3.05, 3.63) is 0 Å². The summed E-state index contributed by atoms with van der Waals surface area (Å²) in [7, 11) is 2.21. The second-order valence-corrected chi connectivity index (χ2v) is 7.79. The van der Waals surface area contributed by atoms with Gasteiger partial charge in [-0.3, -0.25) is 4.90 Å². The van der Waals surface area contributed by atoms with Crippen molar-refractivity contribution in [2.45, 2.75) is 28.4 Å². The Hall–Kier alpha value is 1.04. The maximum absolute atomic E-state index is 2.54. The quantitative estimate of drug-likeness (QED) is 0.532. The van der Waals surface area contributed by atoms with Gasteiger partial charge in [-0.05, 0) is 20.4 Å². The summed E-state index contributed by atoms with van der Waals surface area (Å²) in [5.74, 6) is 0. The Balaban J connectivity index is 2.52. The van der Waals surface area contributed by atoms with Gasteiger partial charge in [0.15, 0.2) is 0 Å². The van der Waals surface area contributed by atoms with Gasteiger partial charge in [0.1, 0.15) is 0 Å². The van der Waals surface area contributed by atoms with Crippen LogP contribution in [0.5, 0.6) is 0 Å². The van der Waals surface area contributed by atoms with Crippen molar-refractivity contribution >= 4 is 34.4 Å². The smallest absolute Gasteiger partial charge is 0.0787 e. The number of nitrogens with zero attached hydrogens (tertiary/aromatic N) is 1. The summed E-state index contributed by atoms with van der Waals surface area (Å²) >= 11 is 4.63. The zero-order chi connectivity index (χ0) is 7.78. The van der Waals surface area contributed by atoms with Crippen molar-refractivity contribution in [2.24, 2.45) is 0 Å². The summed E-state index contributed by atoms with van der Waals surface area (Å²) in [5, 5.41) is 0.752. The molecule has 0 spiro atoms. The number of rotatable bonds is 1. The molecule has 2 unspecified atom stereocenters. The Kier molecular flexibility index (Phi) is 2.91. The van der Waals surface area contributed by atoms with Crippen molar-refractivity contribution < 1.29 is 0 Å².